The van der Waals surface area contributed by atoms with Crippen LogP contribution in [0.2, 0.25) is 0 Å². The van der Waals surface area contributed by atoms with Crippen LogP contribution in [0.5, 0.6) is 0 Å². The van der Waals surface area contributed by atoms with Gasteiger partial charge >= 0.3 is 23.9 Å². The van der Waals surface area contributed by atoms with Crippen molar-refractivity contribution in [3.8, 4) is 0 Å². The highest BCUT2D eigenvalue weighted by Crippen LogP contribution is 2.30. The lowest BCUT2D eigenvalue weighted by atomic mass is 9.83. The van der Waals surface area contributed by atoms with Gasteiger partial charge in [-0.25, -0.2) is 0 Å². The third kappa shape index (κ3) is 9.19. The molecule has 2 N–H and O–H groups in total. The van der Waals surface area contributed by atoms with Crippen molar-refractivity contribution in [3.63, 3.8) is 0 Å². The highest BCUT2D eigenvalue weighted by atomic mass is 16.6. The molecule has 0 fully saturated rings. The first-order valence-corrected chi connectivity index (χ1v) is 9.41. The zero-order valence-electron chi connectivity index (χ0n) is 17.8. The number of esters is 2. The minimum atomic E-state index is -1.58. The summed E-state index contributed by atoms with van der Waals surface area (Å²) in [7, 11) is 0. The van der Waals surface area contributed by atoms with E-state index in [1.165, 1.54) is 0 Å². The Hall–Kier alpha value is -2.12. The smallest absolute Gasteiger partial charge is 0.316 e. The Morgan fingerprint density at radius 1 is 0.714 bits per heavy atom. The minimum absolute atomic E-state index is 0.00189. The Balaban J connectivity index is 5.25. The summed E-state index contributed by atoms with van der Waals surface area (Å²) in [6.45, 7) is 9.09. The Labute approximate surface area is 166 Å². The lowest BCUT2D eigenvalue weighted by molar-refractivity contribution is -0.174. The second-order valence-electron chi connectivity index (χ2n) is 9.19. The SMILES string of the molecule is CC(C)(C)C(=O)OCC(CCCCCC(=O)O)(COC(=O)C(C)(C)C)C(=O)O. The van der Waals surface area contributed by atoms with Crippen LogP contribution >= 0.6 is 0 Å². The fraction of sp³-hybridized carbons (Fsp3) is 0.800. The summed E-state index contributed by atoms with van der Waals surface area (Å²) in [5.74, 6) is -3.24. The first kappa shape index (κ1) is 25.9. The lowest BCUT2D eigenvalue weighted by Gasteiger charge is -2.31. The molecule has 0 aliphatic carbocycles. The van der Waals surface area contributed by atoms with Gasteiger partial charge in [-0.15, -0.1) is 0 Å². The molecule has 0 saturated heterocycles. The standard InChI is InChI=1S/C20H34O8/c1-18(2,3)16(25)27-12-20(15(23)24,11-9-7-8-10-14(21)22)13-28-17(26)19(4,5)6/h7-13H2,1-6H3,(H,21,22)(H,23,24). The number of carboxylic acids is 2. The molecule has 28 heavy (non-hydrogen) atoms. The number of aliphatic carboxylic acids is 2. The van der Waals surface area contributed by atoms with E-state index in [9.17, 15) is 24.3 Å². The van der Waals surface area contributed by atoms with Crippen LogP contribution in [0.15, 0.2) is 0 Å². The zero-order valence-corrected chi connectivity index (χ0v) is 17.8. The number of carboxylic acid groups (broad SMARTS) is 2. The number of carbonyl (C=O) groups is 4. The maximum absolute atomic E-state index is 12.1. The Kier molecular flexibility index (Phi) is 9.64. The molecule has 0 aromatic rings. The number of unbranched alkanes of at least 4 members (excludes halogenated alkanes) is 2. The number of hydrogen-bond donors (Lipinski definition) is 2. The molecule has 0 saturated carbocycles. The van der Waals surface area contributed by atoms with E-state index in [0.717, 1.165) is 0 Å². The molecule has 0 aromatic heterocycles. The average molecular weight is 402 g/mol. The van der Waals surface area contributed by atoms with E-state index in [2.05, 4.69) is 0 Å². The van der Waals surface area contributed by atoms with Gasteiger partial charge in [0, 0.05) is 6.42 Å². The number of rotatable bonds is 11. The van der Waals surface area contributed by atoms with Crippen molar-refractivity contribution >= 4 is 23.9 Å². The first-order chi connectivity index (χ1) is 12.6. The molecule has 162 valence electrons. The molecule has 0 bridgehead atoms. The molecule has 0 aliphatic heterocycles. The quantitative estimate of drug-likeness (QED) is 0.398. The molecule has 0 unspecified atom stereocenters. The predicted octanol–water partition coefficient (Wildman–Crippen LogP) is 3.27. The van der Waals surface area contributed by atoms with Gasteiger partial charge in [-0.3, -0.25) is 19.2 Å². The van der Waals surface area contributed by atoms with E-state index in [1.807, 2.05) is 0 Å². The average Bonchev–Trinajstić information content (AvgIpc) is 2.53. The minimum Gasteiger partial charge on any atom is -0.481 e. The van der Waals surface area contributed by atoms with Gasteiger partial charge in [0.05, 0.1) is 10.8 Å². The molecule has 0 radical (unpaired) electrons. The molecule has 0 aromatic carbocycles. The van der Waals surface area contributed by atoms with Crippen molar-refractivity contribution in [2.24, 2.45) is 16.2 Å². The number of ether oxygens (including phenoxy) is 2. The van der Waals surface area contributed by atoms with Crippen molar-refractivity contribution in [1.29, 1.82) is 0 Å². The van der Waals surface area contributed by atoms with Crippen molar-refractivity contribution in [3.05, 3.63) is 0 Å². The molecule has 8 heteroatoms. The Morgan fingerprint density at radius 2 is 1.14 bits per heavy atom. The van der Waals surface area contributed by atoms with Gasteiger partial charge < -0.3 is 19.7 Å². The molecule has 0 amide bonds. The second-order valence-corrected chi connectivity index (χ2v) is 9.19. The van der Waals surface area contributed by atoms with Crippen LogP contribution in [0.4, 0.5) is 0 Å². The van der Waals surface area contributed by atoms with Gasteiger partial charge in [0.25, 0.3) is 0 Å². The van der Waals surface area contributed by atoms with Crippen LogP contribution in [0.3, 0.4) is 0 Å². The third-order valence-corrected chi connectivity index (χ3v) is 4.18. The van der Waals surface area contributed by atoms with Gasteiger partial charge in [0.1, 0.15) is 18.6 Å². The summed E-state index contributed by atoms with van der Waals surface area (Å²) in [6.07, 6.45) is 1.41. The van der Waals surface area contributed by atoms with E-state index in [1.54, 1.807) is 41.5 Å². The van der Waals surface area contributed by atoms with Gasteiger partial charge in [-0.05, 0) is 54.4 Å². The summed E-state index contributed by atoms with van der Waals surface area (Å²) in [4.78, 5) is 46.8. The van der Waals surface area contributed by atoms with E-state index >= 15 is 0 Å². The Bertz CT molecular complexity index is 536. The van der Waals surface area contributed by atoms with Crippen LogP contribution < -0.4 is 0 Å². The van der Waals surface area contributed by atoms with Crippen LogP contribution in [0.1, 0.15) is 73.6 Å². The summed E-state index contributed by atoms with van der Waals surface area (Å²) in [6, 6.07) is 0. The first-order valence-electron chi connectivity index (χ1n) is 9.41. The highest BCUT2D eigenvalue weighted by molar-refractivity contribution is 5.79. The molecule has 0 rings (SSSR count). The molecule has 0 heterocycles. The van der Waals surface area contributed by atoms with Crippen LogP contribution in [0, 0.1) is 16.2 Å². The predicted molar refractivity (Wildman–Crippen MR) is 102 cm³/mol. The van der Waals surface area contributed by atoms with Crippen molar-refractivity contribution in [2.75, 3.05) is 13.2 Å². The molecule has 8 nitrogen and oxygen atoms in total. The number of hydrogen-bond acceptors (Lipinski definition) is 6. The fourth-order valence-corrected chi connectivity index (χ4v) is 2.17. The molecular weight excluding hydrogens is 368 g/mol. The normalized spacial score (nSPS) is 12.4. The largest absolute Gasteiger partial charge is 0.481 e. The second kappa shape index (κ2) is 10.4. The summed E-state index contributed by atoms with van der Waals surface area (Å²) < 4.78 is 10.5. The topological polar surface area (TPSA) is 127 Å². The van der Waals surface area contributed by atoms with Crippen molar-refractivity contribution in [2.45, 2.75) is 73.6 Å². The third-order valence-electron chi connectivity index (χ3n) is 4.18. The van der Waals surface area contributed by atoms with E-state index in [0.29, 0.717) is 19.3 Å². The maximum atomic E-state index is 12.1. The van der Waals surface area contributed by atoms with Gasteiger partial charge in [-0.1, -0.05) is 12.8 Å². The maximum Gasteiger partial charge on any atom is 0.316 e. The van der Waals surface area contributed by atoms with Crippen LogP contribution in [-0.2, 0) is 28.7 Å². The molecule has 0 spiro atoms. The monoisotopic (exact) mass is 402 g/mol. The van der Waals surface area contributed by atoms with Crippen LogP contribution in [0.25, 0.3) is 0 Å². The molecule has 0 aliphatic rings. The molecular formula is C20H34O8. The van der Waals surface area contributed by atoms with Crippen molar-refractivity contribution < 1.29 is 38.9 Å². The van der Waals surface area contributed by atoms with Crippen molar-refractivity contribution in [1.82, 2.24) is 0 Å². The van der Waals surface area contributed by atoms with E-state index in [-0.39, 0.29) is 12.8 Å². The molecule has 0 atom stereocenters. The van der Waals surface area contributed by atoms with E-state index in [4.69, 9.17) is 14.6 Å². The zero-order chi connectivity index (χ0) is 22.2. The van der Waals surface area contributed by atoms with Gasteiger partial charge in [0.2, 0.25) is 0 Å². The van der Waals surface area contributed by atoms with E-state index < -0.39 is 53.3 Å². The summed E-state index contributed by atoms with van der Waals surface area (Å²) >= 11 is 0. The number of carbonyl (C=O) groups excluding carboxylic acids is 2. The summed E-state index contributed by atoms with van der Waals surface area (Å²) in [5.41, 5.74) is -3.17. The fourth-order valence-electron chi connectivity index (χ4n) is 2.17. The lowest BCUT2D eigenvalue weighted by Crippen LogP contribution is -2.43. The van der Waals surface area contributed by atoms with Crippen LogP contribution in [-0.4, -0.2) is 47.3 Å². The highest BCUT2D eigenvalue weighted by Gasteiger charge is 2.43. The van der Waals surface area contributed by atoms with Gasteiger partial charge in [-0.2, -0.15) is 0 Å². The Morgan fingerprint density at radius 3 is 1.46 bits per heavy atom. The van der Waals surface area contributed by atoms with Gasteiger partial charge in [0.15, 0.2) is 0 Å². The summed E-state index contributed by atoms with van der Waals surface area (Å²) in [5, 5.41) is 18.5.